The van der Waals surface area contributed by atoms with E-state index in [1.807, 2.05) is 0 Å². The van der Waals surface area contributed by atoms with Crippen LogP contribution in [-0.4, -0.2) is 17.1 Å². The first kappa shape index (κ1) is 17.8. The molecule has 0 spiro atoms. The highest BCUT2D eigenvalue weighted by molar-refractivity contribution is 7.19. The molecule has 0 aliphatic rings. The molecule has 0 fully saturated rings. The van der Waals surface area contributed by atoms with Gasteiger partial charge < -0.3 is 0 Å². The quantitative estimate of drug-likeness (QED) is 0.607. The first-order chi connectivity index (χ1) is 11.1. The van der Waals surface area contributed by atoms with E-state index >= 15 is 0 Å². The minimum absolute atomic E-state index is 0.00452. The number of azo groups is 1. The number of thiazole rings is 1. The molecule has 1 amide bonds. The van der Waals surface area contributed by atoms with E-state index in [0.717, 1.165) is 24.4 Å². The lowest BCUT2D eigenvalue weighted by Gasteiger charge is -2.05. The van der Waals surface area contributed by atoms with Crippen molar-refractivity contribution in [3.05, 3.63) is 36.0 Å². The fourth-order valence-electron chi connectivity index (χ4n) is 1.39. The van der Waals surface area contributed by atoms with Crippen molar-refractivity contribution in [3.63, 3.8) is 0 Å². The summed E-state index contributed by atoms with van der Waals surface area (Å²) in [7, 11) is 0. The van der Waals surface area contributed by atoms with E-state index < -0.39 is 23.8 Å². The van der Waals surface area contributed by atoms with Crippen LogP contribution < -0.4 is 5.32 Å². The summed E-state index contributed by atoms with van der Waals surface area (Å²) in [6, 6.07) is 4.03. The summed E-state index contributed by atoms with van der Waals surface area (Å²) in [5.41, 5.74) is -1.01. The third-order valence-corrected chi connectivity index (χ3v) is 3.21. The van der Waals surface area contributed by atoms with Gasteiger partial charge in [0.15, 0.2) is 10.1 Å². The number of halogens is 6. The average molecular weight is 368 g/mol. The van der Waals surface area contributed by atoms with Gasteiger partial charge in [-0.3, -0.25) is 10.1 Å². The second-order valence-corrected chi connectivity index (χ2v) is 5.21. The van der Waals surface area contributed by atoms with Crippen molar-refractivity contribution in [2.75, 3.05) is 5.32 Å². The molecule has 0 radical (unpaired) electrons. The van der Waals surface area contributed by atoms with Crippen molar-refractivity contribution in [2.24, 2.45) is 10.2 Å². The first-order valence-corrected chi connectivity index (χ1v) is 6.80. The zero-order valence-electron chi connectivity index (χ0n) is 11.3. The van der Waals surface area contributed by atoms with Crippen LogP contribution in [-0.2, 0) is 11.0 Å². The summed E-state index contributed by atoms with van der Waals surface area (Å²) >= 11 is 0.581. The van der Waals surface area contributed by atoms with E-state index in [1.165, 1.54) is 11.4 Å². The van der Waals surface area contributed by atoms with Gasteiger partial charge in [-0.05, 0) is 18.2 Å². The molecule has 1 aromatic heterocycles. The lowest BCUT2D eigenvalue weighted by atomic mass is 10.2. The van der Waals surface area contributed by atoms with Crippen LogP contribution in [0.2, 0.25) is 0 Å². The summed E-state index contributed by atoms with van der Waals surface area (Å²) < 4.78 is 73.8. The second-order valence-electron chi connectivity index (χ2n) is 4.20. The summed E-state index contributed by atoms with van der Waals surface area (Å²) in [5.74, 6) is -2.20. The minimum Gasteiger partial charge on any atom is -0.294 e. The molecule has 24 heavy (non-hydrogen) atoms. The summed E-state index contributed by atoms with van der Waals surface area (Å²) in [6.45, 7) is 0. The van der Waals surface area contributed by atoms with Crippen molar-refractivity contribution < 1.29 is 31.1 Å². The molecule has 0 unspecified atom stereocenters. The molecule has 1 aromatic carbocycles. The molecule has 0 saturated heterocycles. The Bertz CT molecular complexity index is 767. The van der Waals surface area contributed by atoms with Crippen molar-refractivity contribution in [1.29, 1.82) is 0 Å². The van der Waals surface area contributed by atoms with Gasteiger partial charge in [-0.25, -0.2) is 4.98 Å². The number of hydrogen-bond donors (Lipinski definition) is 1. The highest BCUT2D eigenvalue weighted by Gasteiger charge is 2.39. The zero-order valence-corrected chi connectivity index (χ0v) is 12.1. The number of nitrogens with one attached hydrogen (secondary N) is 1. The maximum absolute atomic E-state index is 12.5. The fourth-order valence-corrected chi connectivity index (χ4v) is 2.02. The van der Waals surface area contributed by atoms with Crippen molar-refractivity contribution in [3.8, 4) is 0 Å². The number of nitrogens with zero attached hydrogens (tertiary/aromatic N) is 3. The van der Waals surface area contributed by atoms with Gasteiger partial charge in [0.1, 0.15) is 0 Å². The van der Waals surface area contributed by atoms with Gasteiger partial charge in [-0.15, -0.1) is 10.2 Å². The fraction of sp³-hybridized carbons (Fsp3) is 0.167. The number of amides is 1. The maximum Gasteiger partial charge on any atom is 0.471 e. The average Bonchev–Trinajstić information content (AvgIpc) is 2.91. The summed E-state index contributed by atoms with van der Waals surface area (Å²) in [6.07, 6.45) is -8.58. The highest BCUT2D eigenvalue weighted by atomic mass is 32.1. The smallest absolute Gasteiger partial charge is 0.294 e. The Balaban J connectivity index is 2.10. The van der Waals surface area contributed by atoms with Crippen LogP contribution in [0.25, 0.3) is 0 Å². The number of rotatable bonds is 3. The Labute approximate surface area is 134 Å². The Morgan fingerprint density at radius 2 is 1.83 bits per heavy atom. The van der Waals surface area contributed by atoms with Crippen LogP contribution in [0.4, 0.5) is 42.2 Å². The molecule has 0 aliphatic heterocycles. The van der Waals surface area contributed by atoms with Crippen LogP contribution >= 0.6 is 11.3 Å². The molecule has 0 saturated carbocycles. The van der Waals surface area contributed by atoms with E-state index in [9.17, 15) is 31.1 Å². The van der Waals surface area contributed by atoms with Crippen molar-refractivity contribution in [2.45, 2.75) is 12.4 Å². The number of hydrogen-bond acceptors (Lipinski definition) is 5. The number of carbonyl (C=O) groups is 1. The van der Waals surface area contributed by atoms with Gasteiger partial charge in [0.05, 0.1) is 17.4 Å². The lowest BCUT2D eigenvalue weighted by molar-refractivity contribution is -0.167. The minimum atomic E-state index is -5.06. The molecule has 128 valence electrons. The predicted octanol–water partition coefficient (Wildman–Crippen LogP) is 5.08. The monoisotopic (exact) mass is 368 g/mol. The molecule has 12 heteroatoms. The molecule has 2 aromatic rings. The largest absolute Gasteiger partial charge is 0.471 e. The van der Waals surface area contributed by atoms with E-state index in [2.05, 4.69) is 15.2 Å². The van der Waals surface area contributed by atoms with Crippen molar-refractivity contribution in [1.82, 2.24) is 4.98 Å². The molecule has 2 rings (SSSR count). The van der Waals surface area contributed by atoms with Gasteiger partial charge in [-0.1, -0.05) is 17.4 Å². The topological polar surface area (TPSA) is 66.7 Å². The number of aromatic nitrogens is 1. The third-order valence-electron chi connectivity index (χ3n) is 2.41. The highest BCUT2D eigenvalue weighted by Crippen LogP contribution is 2.33. The second kappa shape index (κ2) is 6.55. The first-order valence-electron chi connectivity index (χ1n) is 5.99. The normalized spacial score (nSPS) is 12.6. The molecular formula is C12H6F6N4OS. The molecular weight excluding hydrogens is 362 g/mol. The lowest BCUT2D eigenvalue weighted by Crippen LogP contribution is -2.29. The van der Waals surface area contributed by atoms with Crippen LogP contribution in [0.3, 0.4) is 0 Å². The third kappa shape index (κ3) is 4.75. The zero-order chi connectivity index (χ0) is 18.0. The van der Waals surface area contributed by atoms with Crippen molar-refractivity contribution >= 4 is 33.1 Å². The van der Waals surface area contributed by atoms with Gasteiger partial charge in [0.25, 0.3) is 0 Å². The van der Waals surface area contributed by atoms with Crippen LogP contribution in [0.1, 0.15) is 5.56 Å². The van der Waals surface area contributed by atoms with Crippen LogP contribution in [0, 0.1) is 0 Å². The van der Waals surface area contributed by atoms with E-state index in [-0.39, 0.29) is 15.8 Å². The predicted molar refractivity (Wildman–Crippen MR) is 72.4 cm³/mol. The Morgan fingerprint density at radius 3 is 2.46 bits per heavy atom. The Morgan fingerprint density at radius 1 is 1.12 bits per heavy atom. The van der Waals surface area contributed by atoms with Crippen LogP contribution in [0.5, 0.6) is 0 Å². The Hall–Kier alpha value is -2.50. The number of carbonyl (C=O) groups excluding carboxylic acids is 1. The molecule has 1 heterocycles. The number of anilines is 1. The molecule has 0 bridgehead atoms. The number of benzene rings is 1. The van der Waals surface area contributed by atoms with E-state index in [4.69, 9.17) is 0 Å². The Kier molecular flexibility index (Phi) is 4.87. The maximum atomic E-state index is 12.5. The standard InChI is InChI=1S/C12H6F6N4OS/c13-11(14,15)6-2-1-3-7(4-6)21-22-8-5-19-10(24-8)20-9(23)12(16,17)18/h1-5H,(H,19,20,23). The van der Waals surface area contributed by atoms with Gasteiger partial charge in [0, 0.05) is 0 Å². The van der Waals surface area contributed by atoms with Crippen LogP contribution in [0.15, 0.2) is 40.7 Å². The SMILES string of the molecule is O=C(Nc1ncc(N=Nc2cccc(C(F)(F)F)c2)s1)C(F)(F)F. The molecule has 0 atom stereocenters. The van der Waals surface area contributed by atoms with E-state index in [0.29, 0.717) is 11.3 Å². The van der Waals surface area contributed by atoms with E-state index in [1.54, 1.807) is 0 Å². The van der Waals surface area contributed by atoms with Gasteiger partial charge in [0.2, 0.25) is 0 Å². The van der Waals surface area contributed by atoms with Gasteiger partial charge in [-0.2, -0.15) is 26.3 Å². The summed E-state index contributed by atoms with van der Waals surface area (Å²) in [4.78, 5) is 14.2. The molecule has 5 nitrogen and oxygen atoms in total. The number of alkyl halides is 6. The molecule has 0 aliphatic carbocycles. The molecule has 1 N–H and O–H groups in total. The summed E-state index contributed by atoms with van der Waals surface area (Å²) in [5, 5.41) is 8.28. The van der Waals surface area contributed by atoms with Gasteiger partial charge >= 0.3 is 18.3 Å².